The molecule has 3 heteroatoms. The molecule has 3 unspecified atom stereocenters. The van der Waals surface area contributed by atoms with E-state index in [2.05, 4.69) is 18.7 Å². The summed E-state index contributed by atoms with van der Waals surface area (Å²) in [6.07, 6.45) is 2.28. The van der Waals surface area contributed by atoms with Gasteiger partial charge in [0, 0.05) is 23.8 Å². The number of likely N-dealkylation sites (tertiary alicyclic amines) is 1. The van der Waals surface area contributed by atoms with Crippen molar-refractivity contribution in [1.29, 1.82) is 0 Å². The van der Waals surface area contributed by atoms with Crippen molar-refractivity contribution < 1.29 is 4.79 Å². The summed E-state index contributed by atoms with van der Waals surface area (Å²) in [5, 5.41) is 0. The molecule has 74 valence electrons. The van der Waals surface area contributed by atoms with E-state index in [1.54, 1.807) is 0 Å². The first-order valence-corrected chi connectivity index (χ1v) is 6.25. The Bertz CT molecular complexity index is 205. The molecule has 0 N–H and O–H groups in total. The minimum Gasteiger partial charge on any atom is -0.337 e. The molecule has 0 saturated carbocycles. The van der Waals surface area contributed by atoms with Crippen LogP contribution in [0.2, 0.25) is 0 Å². The number of nitrogens with zero attached hydrogens (tertiary/aromatic N) is 1. The van der Waals surface area contributed by atoms with Gasteiger partial charge in [-0.15, -0.1) is 0 Å². The Kier molecular flexibility index (Phi) is 2.54. The van der Waals surface area contributed by atoms with Gasteiger partial charge in [0.2, 0.25) is 5.91 Å². The lowest BCUT2D eigenvalue weighted by Crippen LogP contribution is -2.57. The van der Waals surface area contributed by atoms with E-state index >= 15 is 0 Å². The van der Waals surface area contributed by atoms with Crippen LogP contribution in [0.25, 0.3) is 0 Å². The predicted molar refractivity (Wildman–Crippen MR) is 55.8 cm³/mol. The molecule has 0 aromatic rings. The van der Waals surface area contributed by atoms with Crippen LogP contribution in [0.1, 0.15) is 26.7 Å². The molecule has 1 amide bonds. The monoisotopic (exact) mass is 199 g/mol. The van der Waals surface area contributed by atoms with Crippen LogP contribution in [-0.2, 0) is 4.79 Å². The maximum atomic E-state index is 12.0. The quantitative estimate of drug-likeness (QED) is 0.641. The number of thioether (sulfide) groups is 1. The second kappa shape index (κ2) is 3.52. The third kappa shape index (κ3) is 1.58. The third-order valence-corrected chi connectivity index (χ3v) is 4.33. The Morgan fingerprint density at radius 3 is 2.54 bits per heavy atom. The molecular formula is C10H17NOS. The Morgan fingerprint density at radius 2 is 2.08 bits per heavy atom. The molecule has 13 heavy (non-hydrogen) atoms. The lowest BCUT2D eigenvalue weighted by molar-refractivity contribution is -0.146. The average molecular weight is 199 g/mol. The molecule has 0 spiro atoms. The van der Waals surface area contributed by atoms with E-state index < -0.39 is 0 Å². The van der Waals surface area contributed by atoms with Crippen LogP contribution in [0.4, 0.5) is 0 Å². The molecule has 2 fully saturated rings. The van der Waals surface area contributed by atoms with Crippen LogP contribution in [0.3, 0.4) is 0 Å². The number of carbonyl (C=O) groups excluding carboxylic acids is 1. The van der Waals surface area contributed by atoms with Gasteiger partial charge in [-0.2, -0.15) is 11.8 Å². The van der Waals surface area contributed by atoms with E-state index in [0.717, 1.165) is 12.2 Å². The molecule has 0 radical (unpaired) electrons. The molecule has 0 aliphatic carbocycles. The molecule has 2 aliphatic rings. The average Bonchev–Trinajstić information content (AvgIpc) is 2.55. The minimum atomic E-state index is 0.329. The van der Waals surface area contributed by atoms with Crippen LogP contribution in [0, 0.1) is 5.92 Å². The summed E-state index contributed by atoms with van der Waals surface area (Å²) in [7, 11) is 0. The Labute approximate surface area is 84.1 Å². The highest BCUT2D eigenvalue weighted by Gasteiger charge is 2.39. The van der Waals surface area contributed by atoms with Crippen molar-refractivity contribution in [2.75, 3.05) is 11.5 Å². The van der Waals surface area contributed by atoms with E-state index in [0.29, 0.717) is 23.9 Å². The van der Waals surface area contributed by atoms with E-state index in [9.17, 15) is 4.79 Å². The summed E-state index contributed by atoms with van der Waals surface area (Å²) >= 11 is 1.92. The Morgan fingerprint density at radius 1 is 1.38 bits per heavy atom. The molecule has 2 nitrogen and oxygen atoms in total. The zero-order chi connectivity index (χ0) is 9.42. The first-order chi connectivity index (χ1) is 6.20. The first-order valence-electron chi connectivity index (χ1n) is 5.10. The fourth-order valence-electron chi connectivity index (χ4n) is 2.39. The van der Waals surface area contributed by atoms with Gasteiger partial charge in [0.1, 0.15) is 0 Å². The van der Waals surface area contributed by atoms with Gasteiger partial charge in [-0.25, -0.2) is 0 Å². The van der Waals surface area contributed by atoms with Gasteiger partial charge in [0.25, 0.3) is 0 Å². The van der Waals surface area contributed by atoms with Gasteiger partial charge in [0.15, 0.2) is 0 Å². The number of rotatable bonds is 1. The summed E-state index contributed by atoms with van der Waals surface area (Å²) in [4.78, 5) is 14.0. The van der Waals surface area contributed by atoms with Crippen LogP contribution in [0.5, 0.6) is 0 Å². The summed E-state index contributed by atoms with van der Waals surface area (Å²) in [6, 6.07) is 0.987. The molecule has 0 aromatic heterocycles. The lowest BCUT2D eigenvalue weighted by atomic mass is 9.92. The van der Waals surface area contributed by atoms with Crippen molar-refractivity contribution in [3.05, 3.63) is 0 Å². The summed E-state index contributed by atoms with van der Waals surface area (Å²) in [6.45, 7) is 4.31. The maximum Gasteiger partial charge on any atom is 0.227 e. The van der Waals surface area contributed by atoms with Crippen LogP contribution in [-0.4, -0.2) is 34.4 Å². The zero-order valence-electron chi connectivity index (χ0n) is 8.32. The summed E-state index contributed by atoms with van der Waals surface area (Å²) in [5.74, 6) is 2.97. The van der Waals surface area contributed by atoms with Crippen molar-refractivity contribution in [2.45, 2.75) is 38.8 Å². The molecule has 3 atom stereocenters. The normalized spacial score (nSPS) is 38.9. The maximum absolute atomic E-state index is 12.0. The highest BCUT2D eigenvalue weighted by Crippen LogP contribution is 2.31. The largest absolute Gasteiger partial charge is 0.337 e. The van der Waals surface area contributed by atoms with E-state index in [-0.39, 0.29) is 0 Å². The number of amides is 1. The van der Waals surface area contributed by atoms with Gasteiger partial charge in [0.05, 0.1) is 0 Å². The molecule has 2 heterocycles. The van der Waals surface area contributed by atoms with Crippen molar-refractivity contribution in [3.63, 3.8) is 0 Å². The van der Waals surface area contributed by atoms with Crippen molar-refractivity contribution in [3.8, 4) is 0 Å². The van der Waals surface area contributed by atoms with E-state index in [1.165, 1.54) is 12.2 Å². The molecular weight excluding hydrogens is 182 g/mol. The molecule has 0 bridgehead atoms. The molecule has 2 rings (SSSR count). The van der Waals surface area contributed by atoms with E-state index in [4.69, 9.17) is 0 Å². The SMILES string of the molecule is CC1CC(C)N1C(=O)C1CCSC1. The minimum absolute atomic E-state index is 0.329. The lowest BCUT2D eigenvalue weighted by Gasteiger charge is -2.46. The van der Waals surface area contributed by atoms with Crippen LogP contribution in [0.15, 0.2) is 0 Å². The van der Waals surface area contributed by atoms with Crippen LogP contribution >= 0.6 is 11.8 Å². The van der Waals surface area contributed by atoms with Gasteiger partial charge >= 0.3 is 0 Å². The highest BCUT2D eigenvalue weighted by molar-refractivity contribution is 7.99. The molecule has 0 aromatic carbocycles. The van der Waals surface area contributed by atoms with Gasteiger partial charge in [-0.1, -0.05) is 0 Å². The van der Waals surface area contributed by atoms with Gasteiger partial charge < -0.3 is 4.90 Å². The fourth-order valence-corrected chi connectivity index (χ4v) is 3.60. The van der Waals surface area contributed by atoms with Crippen molar-refractivity contribution in [2.24, 2.45) is 5.92 Å². The van der Waals surface area contributed by atoms with Gasteiger partial charge in [-0.05, 0) is 32.4 Å². The second-order valence-electron chi connectivity index (χ2n) is 4.24. The van der Waals surface area contributed by atoms with Crippen molar-refractivity contribution >= 4 is 17.7 Å². The second-order valence-corrected chi connectivity index (χ2v) is 5.39. The Balaban J connectivity index is 1.95. The van der Waals surface area contributed by atoms with Gasteiger partial charge in [-0.3, -0.25) is 4.79 Å². The van der Waals surface area contributed by atoms with Crippen molar-refractivity contribution in [1.82, 2.24) is 4.90 Å². The topological polar surface area (TPSA) is 20.3 Å². The first kappa shape index (κ1) is 9.38. The zero-order valence-corrected chi connectivity index (χ0v) is 9.14. The number of carbonyl (C=O) groups is 1. The fraction of sp³-hybridized carbons (Fsp3) is 0.900. The standard InChI is InChI=1S/C10H17NOS/c1-7-5-8(2)11(7)10(12)9-3-4-13-6-9/h7-9H,3-6H2,1-2H3. The predicted octanol–water partition coefficient (Wildman–Crippen LogP) is 1.75. The van der Waals surface area contributed by atoms with E-state index in [1.807, 2.05) is 11.8 Å². The highest BCUT2D eigenvalue weighted by atomic mass is 32.2. The smallest absolute Gasteiger partial charge is 0.227 e. The number of hydrogen-bond acceptors (Lipinski definition) is 2. The molecule has 2 saturated heterocycles. The number of hydrogen-bond donors (Lipinski definition) is 0. The molecule has 2 aliphatic heterocycles. The third-order valence-electron chi connectivity index (χ3n) is 3.17. The summed E-state index contributed by atoms with van der Waals surface area (Å²) < 4.78 is 0. The van der Waals surface area contributed by atoms with Crippen LogP contribution < -0.4 is 0 Å². The summed E-state index contributed by atoms with van der Waals surface area (Å²) in [5.41, 5.74) is 0. The Hall–Kier alpha value is -0.180.